The molecule has 1 aromatic rings. The van der Waals surface area contributed by atoms with Crippen molar-refractivity contribution in [3.8, 4) is 5.75 Å². The minimum absolute atomic E-state index is 0.491. The van der Waals surface area contributed by atoms with E-state index in [9.17, 15) is 0 Å². The Bertz CT molecular complexity index is 644. The zero-order valence-electron chi connectivity index (χ0n) is 17.9. The fraction of sp³-hybridized carbons (Fsp3) is 0.667. The molecule has 7 heteroatoms. The molecule has 2 fully saturated rings. The molecule has 0 amide bonds. The van der Waals surface area contributed by atoms with Crippen LogP contribution in [0.15, 0.2) is 29.3 Å². The van der Waals surface area contributed by atoms with Crippen LogP contribution in [0.3, 0.4) is 0 Å². The first kappa shape index (κ1) is 20.7. The summed E-state index contributed by atoms with van der Waals surface area (Å²) in [6.07, 6.45) is 0. The third-order valence-corrected chi connectivity index (χ3v) is 5.76. The van der Waals surface area contributed by atoms with E-state index in [4.69, 9.17) is 9.73 Å². The molecule has 1 unspecified atom stereocenters. The SMILES string of the molecule is CCNC(=NCC1CN(C)CCN1C)N1CCN(c2cccc(OC)c2)CC1. The van der Waals surface area contributed by atoms with Gasteiger partial charge in [-0.1, -0.05) is 6.07 Å². The van der Waals surface area contributed by atoms with E-state index < -0.39 is 0 Å². The van der Waals surface area contributed by atoms with Gasteiger partial charge in [0, 0.05) is 70.2 Å². The molecule has 2 aliphatic heterocycles. The predicted molar refractivity (Wildman–Crippen MR) is 117 cm³/mol. The number of hydrogen-bond acceptors (Lipinski definition) is 5. The summed E-state index contributed by atoms with van der Waals surface area (Å²) in [5.41, 5.74) is 1.23. The maximum atomic E-state index is 5.37. The van der Waals surface area contributed by atoms with Crippen molar-refractivity contribution >= 4 is 11.6 Å². The fourth-order valence-corrected chi connectivity index (χ4v) is 3.90. The van der Waals surface area contributed by atoms with Gasteiger partial charge in [-0.2, -0.15) is 0 Å². The molecular formula is C21H36N6O. The van der Waals surface area contributed by atoms with Crippen molar-refractivity contribution in [3.05, 3.63) is 24.3 Å². The summed E-state index contributed by atoms with van der Waals surface area (Å²) in [6.45, 7) is 11.2. The number of anilines is 1. The molecule has 156 valence electrons. The average molecular weight is 389 g/mol. The molecule has 0 radical (unpaired) electrons. The minimum atomic E-state index is 0.491. The third kappa shape index (κ3) is 5.29. The maximum absolute atomic E-state index is 5.37. The molecular weight excluding hydrogens is 352 g/mol. The first-order valence-electron chi connectivity index (χ1n) is 10.4. The van der Waals surface area contributed by atoms with Gasteiger partial charge in [0.25, 0.3) is 0 Å². The standard InChI is InChI=1S/C21H36N6O/c1-5-22-21(23-16-19-17-24(2)9-10-25(19)3)27-13-11-26(12-14-27)18-7-6-8-20(15-18)28-4/h6-8,15,19H,5,9-14,16-17H2,1-4H3,(H,22,23). The number of rotatable bonds is 5. The molecule has 1 aromatic carbocycles. The number of ether oxygens (including phenoxy) is 1. The van der Waals surface area contributed by atoms with Gasteiger partial charge in [-0.3, -0.25) is 9.89 Å². The van der Waals surface area contributed by atoms with E-state index in [0.717, 1.165) is 70.6 Å². The van der Waals surface area contributed by atoms with Crippen molar-refractivity contribution < 1.29 is 4.74 Å². The highest BCUT2D eigenvalue weighted by Gasteiger charge is 2.24. The summed E-state index contributed by atoms with van der Waals surface area (Å²) < 4.78 is 5.37. The number of aliphatic imine (C=N–C) groups is 1. The summed E-state index contributed by atoms with van der Waals surface area (Å²) in [4.78, 5) is 14.7. The summed E-state index contributed by atoms with van der Waals surface area (Å²) in [5, 5.41) is 3.50. The van der Waals surface area contributed by atoms with Crippen molar-refractivity contribution in [1.29, 1.82) is 0 Å². The van der Waals surface area contributed by atoms with E-state index in [1.807, 2.05) is 6.07 Å². The largest absolute Gasteiger partial charge is 0.497 e. The Morgan fingerprint density at radius 3 is 2.64 bits per heavy atom. The smallest absolute Gasteiger partial charge is 0.194 e. The van der Waals surface area contributed by atoms with E-state index in [2.05, 4.69) is 64.1 Å². The third-order valence-electron chi connectivity index (χ3n) is 5.76. The van der Waals surface area contributed by atoms with Gasteiger partial charge < -0.3 is 24.8 Å². The average Bonchev–Trinajstić information content (AvgIpc) is 2.73. The summed E-state index contributed by atoms with van der Waals surface area (Å²) in [5.74, 6) is 1.96. The number of nitrogens with zero attached hydrogens (tertiary/aromatic N) is 5. The van der Waals surface area contributed by atoms with Gasteiger partial charge in [-0.05, 0) is 33.2 Å². The van der Waals surface area contributed by atoms with E-state index in [-0.39, 0.29) is 0 Å². The summed E-state index contributed by atoms with van der Waals surface area (Å²) in [6, 6.07) is 8.82. The molecule has 1 atom stereocenters. The molecule has 0 aliphatic carbocycles. The number of nitrogens with one attached hydrogen (secondary N) is 1. The van der Waals surface area contributed by atoms with Crippen LogP contribution in [0.1, 0.15) is 6.92 Å². The zero-order chi connectivity index (χ0) is 19.9. The fourth-order valence-electron chi connectivity index (χ4n) is 3.90. The Morgan fingerprint density at radius 1 is 1.14 bits per heavy atom. The number of benzene rings is 1. The number of likely N-dealkylation sites (N-methyl/N-ethyl adjacent to an activating group) is 2. The van der Waals surface area contributed by atoms with Gasteiger partial charge in [-0.25, -0.2) is 0 Å². The number of piperazine rings is 2. The topological polar surface area (TPSA) is 46.6 Å². The Hall–Kier alpha value is -1.99. The lowest BCUT2D eigenvalue weighted by Crippen LogP contribution is -2.54. The van der Waals surface area contributed by atoms with Gasteiger partial charge in [-0.15, -0.1) is 0 Å². The van der Waals surface area contributed by atoms with Crippen LogP contribution in [0.2, 0.25) is 0 Å². The van der Waals surface area contributed by atoms with Crippen LogP contribution >= 0.6 is 0 Å². The lowest BCUT2D eigenvalue weighted by Gasteiger charge is -2.39. The Labute approximate surface area is 169 Å². The van der Waals surface area contributed by atoms with Gasteiger partial charge in [0.05, 0.1) is 13.7 Å². The van der Waals surface area contributed by atoms with Gasteiger partial charge in [0.1, 0.15) is 5.75 Å². The van der Waals surface area contributed by atoms with Crippen molar-refractivity contribution in [2.24, 2.45) is 4.99 Å². The van der Waals surface area contributed by atoms with Gasteiger partial charge >= 0.3 is 0 Å². The number of methoxy groups -OCH3 is 1. The van der Waals surface area contributed by atoms with Crippen molar-refractivity contribution in [2.75, 3.05) is 85.0 Å². The van der Waals surface area contributed by atoms with E-state index >= 15 is 0 Å². The van der Waals surface area contributed by atoms with Gasteiger partial charge in [0.15, 0.2) is 5.96 Å². The molecule has 1 N–H and O–H groups in total. The van der Waals surface area contributed by atoms with Crippen LogP contribution in [-0.4, -0.2) is 107 Å². The lowest BCUT2D eigenvalue weighted by molar-refractivity contribution is 0.119. The van der Waals surface area contributed by atoms with Crippen molar-refractivity contribution in [3.63, 3.8) is 0 Å². The lowest BCUT2D eigenvalue weighted by atomic mass is 10.2. The highest BCUT2D eigenvalue weighted by atomic mass is 16.5. The highest BCUT2D eigenvalue weighted by molar-refractivity contribution is 5.80. The molecule has 0 saturated carbocycles. The van der Waals surface area contributed by atoms with Crippen LogP contribution in [0.25, 0.3) is 0 Å². The first-order valence-corrected chi connectivity index (χ1v) is 10.4. The minimum Gasteiger partial charge on any atom is -0.497 e. The quantitative estimate of drug-likeness (QED) is 0.601. The summed E-state index contributed by atoms with van der Waals surface area (Å²) >= 11 is 0. The van der Waals surface area contributed by atoms with Crippen molar-refractivity contribution in [2.45, 2.75) is 13.0 Å². The zero-order valence-corrected chi connectivity index (χ0v) is 17.9. The molecule has 2 aliphatic rings. The molecule has 28 heavy (non-hydrogen) atoms. The predicted octanol–water partition coefficient (Wildman–Crippen LogP) is 1.03. The highest BCUT2D eigenvalue weighted by Crippen LogP contribution is 2.22. The maximum Gasteiger partial charge on any atom is 0.194 e. The molecule has 0 spiro atoms. The Kier molecular flexibility index (Phi) is 7.39. The monoisotopic (exact) mass is 388 g/mol. The van der Waals surface area contributed by atoms with Crippen LogP contribution < -0.4 is 15.0 Å². The molecule has 0 aromatic heterocycles. The van der Waals surface area contributed by atoms with Crippen molar-refractivity contribution in [1.82, 2.24) is 20.0 Å². The van der Waals surface area contributed by atoms with E-state index in [0.29, 0.717) is 6.04 Å². The van der Waals surface area contributed by atoms with Crippen LogP contribution in [0.5, 0.6) is 5.75 Å². The molecule has 2 saturated heterocycles. The second-order valence-electron chi connectivity index (χ2n) is 7.77. The Balaban J connectivity index is 1.59. The van der Waals surface area contributed by atoms with E-state index in [1.165, 1.54) is 5.69 Å². The van der Waals surface area contributed by atoms with Crippen LogP contribution in [0, 0.1) is 0 Å². The van der Waals surface area contributed by atoms with Crippen LogP contribution in [-0.2, 0) is 0 Å². The Morgan fingerprint density at radius 2 is 1.93 bits per heavy atom. The first-order chi connectivity index (χ1) is 13.6. The molecule has 2 heterocycles. The number of hydrogen-bond donors (Lipinski definition) is 1. The normalized spacial score (nSPS) is 22.4. The van der Waals surface area contributed by atoms with E-state index in [1.54, 1.807) is 7.11 Å². The summed E-state index contributed by atoms with van der Waals surface area (Å²) in [7, 11) is 6.14. The molecule has 3 rings (SSSR count). The number of guanidine groups is 1. The van der Waals surface area contributed by atoms with Gasteiger partial charge in [0.2, 0.25) is 0 Å². The molecule has 0 bridgehead atoms. The second kappa shape index (κ2) is 9.98. The van der Waals surface area contributed by atoms with Crippen LogP contribution in [0.4, 0.5) is 5.69 Å². The molecule has 7 nitrogen and oxygen atoms in total. The second-order valence-corrected chi connectivity index (χ2v) is 7.77.